The largest absolute Gasteiger partial charge is 0.508 e. The Kier molecular flexibility index (Phi) is 2.82. The Hall–Kier alpha value is -1.50. The topological polar surface area (TPSA) is 20.2 Å². The van der Waals surface area contributed by atoms with E-state index in [2.05, 4.69) is 38.1 Å². The van der Waals surface area contributed by atoms with E-state index in [1.54, 1.807) is 5.57 Å². The fraction of sp³-hybridized carbons (Fsp3) is 0.500. The van der Waals surface area contributed by atoms with Crippen LogP contribution in [0.3, 0.4) is 0 Å². The van der Waals surface area contributed by atoms with Gasteiger partial charge in [0.1, 0.15) is 5.75 Å². The van der Waals surface area contributed by atoms with Crippen LogP contribution < -0.4 is 0 Å². The van der Waals surface area contributed by atoms with E-state index in [0.717, 1.165) is 5.92 Å². The van der Waals surface area contributed by atoms with Crippen LogP contribution in [0.25, 0.3) is 6.08 Å². The van der Waals surface area contributed by atoms with E-state index in [-0.39, 0.29) is 0 Å². The lowest BCUT2D eigenvalue weighted by Crippen LogP contribution is -2.38. The Balaban J connectivity index is 1.75. The minimum atomic E-state index is 0.384. The lowest BCUT2D eigenvalue weighted by molar-refractivity contribution is 0.121. The molecule has 21 heavy (non-hydrogen) atoms. The summed E-state index contributed by atoms with van der Waals surface area (Å²) in [5.74, 6) is 2.51. The molecule has 1 N–H and O–H groups in total. The van der Waals surface area contributed by atoms with Crippen molar-refractivity contribution >= 4 is 6.08 Å². The van der Waals surface area contributed by atoms with Crippen LogP contribution in [-0.2, 0) is 0 Å². The predicted molar refractivity (Wildman–Crippen MR) is 87.2 cm³/mol. The average Bonchev–Trinajstić information content (AvgIpc) is 2.83. The number of hydrogen-bond acceptors (Lipinski definition) is 1. The molecule has 0 radical (unpaired) electrons. The van der Waals surface area contributed by atoms with E-state index in [1.807, 2.05) is 12.1 Å². The van der Waals surface area contributed by atoms with Gasteiger partial charge < -0.3 is 5.11 Å². The first-order chi connectivity index (χ1) is 10.1. The molecule has 3 aliphatic carbocycles. The Labute approximate surface area is 127 Å². The molecule has 2 fully saturated rings. The molecule has 110 valence electrons. The first-order valence-electron chi connectivity index (χ1n) is 8.30. The van der Waals surface area contributed by atoms with E-state index < -0.39 is 0 Å². The number of rotatable bonds is 0. The first kappa shape index (κ1) is 13.2. The monoisotopic (exact) mass is 280 g/mol. The third kappa shape index (κ3) is 1.76. The summed E-state index contributed by atoms with van der Waals surface area (Å²) in [6.45, 7) is 4.71. The molecule has 1 heteroatoms. The number of benzene rings is 1. The van der Waals surface area contributed by atoms with Crippen molar-refractivity contribution in [1.29, 1.82) is 0 Å². The van der Waals surface area contributed by atoms with E-state index in [0.29, 0.717) is 23.0 Å². The Morgan fingerprint density at radius 3 is 2.95 bits per heavy atom. The third-order valence-corrected chi connectivity index (χ3v) is 6.50. The molecule has 0 saturated heterocycles. The summed E-state index contributed by atoms with van der Waals surface area (Å²) in [4.78, 5) is 0. The lowest BCUT2D eigenvalue weighted by Gasteiger charge is -2.47. The van der Waals surface area contributed by atoms with Crippen LogP contribution in [0.2, 0.25) is 0 Å². The summed E-state index contributed by atoms with van der Waals surface area (Å²) in [5.41, 5.74) is 4.80. The highest BCUT2D eigenvalue weighted by molar-refractivity contribution is 5.61. The van der Waals surface area contributed by atoms with Crippen molar-refractivity contribution in [3.05, 3.63) is 47.1 Å². The van der Waals surface area contributed by atoms with Gasteiger partial charge in [-0.2, -0.15) is 0 Å². The zero-order valence-corrected chi connectivity index (χ0v) is 13.0. The van der Waals surface area contributed by atoms with Crippen molar-refractivity contribution in [3.63, 3.8) is 0 Å². The number of fused-ring (bicyclic) bond motifs is 5. The van der Waals surface area contributed by atoms with Crippen LogP contribution in [0, 0.1) is 17.3 Å². The van der Waals surface area contributed by atoms with Gasteiger partial charge in [0.05, 0.1) is 0 Å². The molecule has 0 unspecified atom stereocenters. The number of phenolic OH excluding ortho intramolecular Hbond substituents is 1. The molecule has 0 spiro atoms. The Morgan fingerprint density at radius 1 is 1.29 bits per heavy atom. The number of aromatic hydroxyl groups is 1. The van der Waals surface area contributed by atoms with E-state index >= 15 is 0 Å². The van der Waals surface area contributed by atoms with Crippen LogP contribution in [0.1, 0.15) is 56.6 Å². The molecule has 0 amide bonds. The van der Waals surface area contributed by atoms with Crippen molar-refractivity contribution in [2.24, 2.45) is 17.3 Å². The third-order valence-electron chi connectivity index (χ3n) is 6.50. The molecule has 4 rings (SSSR count). The van der Waals surface area contributed by atoms with Gasteiger partial charge in [0.25, 0.3) is 0 Å². The number of phenols is 1. The fourth-order valence-electron chi connectivity index (χ4n) is 5.41. The summed E-state index contributed by atoms with van der Waals surface area (Å²) in [6.07, 6.45) is 12.3. The molecule has 0 aliphatic heterocycles. The highest BCUT2D eigenvalue weighted by Gasteiger charge is 2.51. The molecule has 0 aromatic heterocycles. The second kappa shape index (κ2) is 4.50. The molecule has 1 nitrogen and oxygen atoms in total. The molecule has 2 saturated carbocycles. The summed E-state index contributed by atoms with van der Waals surface area (Å²) < 4.78 is 0. The van der Waals surface area contributed by atoms with Crippen molar-refractivity contribution in [2.45, 2.75) is 45.4 Å². The summed E-state index contributed by atoms with van der Waals surface area (Å²) in [6, 6.07) is 5.93. The van der Waals surface area contributed by atoms with Crippen molar-refractivity contribution in [1.82, 2.24) is 0 Å². The highest BCUT2D eigenvalue weighted by atomic mass is 16.3. The number of allylic oxidation sites excluding steroid dienone is 3. The smallest absolute Gasteiger partial charge is 0.116 e. The minimum Gasteiger partial charge on any atom is -0.508 e. The Morgan fingerprint density at radius 2 is 2.14 bits per heavy atom. The molecule has 3 aliphatic rings. The summed E-state index contributed by atoms with van der Waals surface area (Å²) >= 11 is 0. The van der Waals surface area contributed by atoms with Crippen molar-refractivity contribution < 1.29 is 5.11 Å². The van der Waals surface area contributed by atoms with Crippen molar-refractivity contribution in [2.75, 3.05) is 0 Å². The van der Waals surface area contributed by atoms with Crippen LogP contribution >= 0.6 is 0 Å². The minimum absolute atomic E-state index is 0.384. The molecule has 0 heterocycles. The lowest BCUT2D eigenvalue weighted by atomic mass is 9.56. The van der Waals surface area contributed by atoms with Gasteiger partial charge >= 0.3 is 0 Å². The van der Waals surface area contributed by atoms with Gasteiger partial charge in [-0.3, -0.25) is 0 Å². The van der Waals surface area contributed by atoms with E-state index in [4.69, 9.17) is 0 Å². The summed E-state index contributed by atoms with van der Waals surface area (Å²) in [5, 5.41) is 9.70. The maximum Gasteiger partial charge on any atom is 0.116 e. The molecular formula is C20H24O. The van der Waals surface area contributed by atoms with Crippen molar-refractivity contribution in [3.8, 4) is 5.75 Å². The van der Waals surface area contributed by atoms with Gasteiger partial charge in [-0.1, -0.05) is 36.8 Å². The summed E-state index contributed by atoms with van der Waals surface area (Å²) in [7, 11) is 0. The van der Waals surface area contributed by atoms with Crippen LogP contribution in [-0.4, -0.2) is 5.11 Å². The zero-order chi connectivity index (χ0) is 14.6. The van der Waals surface area contributed by atoms with Gasteiger partial charge in [-0.25, -0.2) is 0 Å². The van der Waals surface area contributed by atoms with Crippen LogP contribution in [0.4, 0.5) is 0 Å². The SMILES string of the molecule is C/C=C1\CC[C@H]2[C@@H]3C=Cc4cc(O)ccc4[C@H]3CC[C@]12C. The van der Waals surface area contributed by atoms with Crippen LogP contribution in [0.5, 0.6) is 5.75 Å². The van der Waals surface area contributed by atoms with Crippen LogP contribution in [0.15, 0.2) is 35.9 Å². The maximum absolute atomic E-state index is 9.70. The second-order valence-corrected chi connectivity index (χ2v) is 7.27. The van der Waals surface area contributed by atoms with E-state index in [9.17, 15) is 5.11 Å². The Bertz CT molecular complexity index is 639. The zero-order valence-electron chi connectivity index (χ0n) is 13.0. The second-order valence-electron chi connectivity index (χ2n) is 7.27. The average molecular weight is 280 g/mol. The molecule has 1 aromatic rings. The molecular weight excluding hydrogens is 256 g/mol. The normalized spacial score (nSPS) is 39.0. The molecule has 4 atom stereocenters. The first-order valence-corrected chi connectivity index (χ1v) is 8.30. The van der Waals surface area contributed by atoms with Gasteiger partial charge in [0, 0.05) is 0 Å². The van der Waals surface area contributed by atoms with E-state index in [1.165, 1.54) is 36.8 Å². The highest BCUT2D eigenvalue weighted by Crippen LogP contribution is 2.62. The molecule has 0 bridgehead atoms. The number of hydrogen-bond donors (Lipinski definition) is 1. The quantitative estimate of drug-likeness (QED) is 0.641. The van der Waals surface area contributed by atoms with Gasteiger partial charge in [-0.05, 0) is 79.0 Å². The predicted octanol–water partition coefficient (Wildman–Crippen LogP) is 5.28. The fourth-order valence-corrected chi connectivity index (χ4v) is 5.41. The van der Waals surface area contributed by atoms with Gasteiger partial charge in [0.2, 0.25) is 0 Å². The van der Waals surface area contributed by atoms with Gasteiger partial charge in [0.15, 0.2) is 0 Å². The molecule has 1 aromatic carbocycles. The maximum atomic E-state index is 9.70. The van der Waals surface area contributed by atoms with Gasteiger partial charge in [-0.15, -0.1) is 0 Å². The standard InChI is InChI=1S/C20H24O/c1-3-14-5-9-19-18-7-4-13-12-15(21)6-8-16(13)17(18)10-11-20(14,19)2/h3-4,6-8,12,17-19,21H,5,9-11H2,1-2H3/b14-3+/t17-,18-,19+,20-/m1/s1.